The van der Waals surface area contributed by atoms with Gasteiger partial charge in [-0.2, -0.15) is 0 Å². The van der Waals surface area contributed by atoms with Crippen molar-refractivity contribution in [2.75, 3.05) is 4.90 Å². The molecule has 0 aliphatic heterocycles. The first-order valence-corrected chi connectivity index (χ1v) is 20.7. The van der Waals surface area contributed by atoms with Gasteiger partial charge in [0.1, 0.15) is 0 Å². The van der Waals surface area contributed by atoms with Gasteiger partial charge in [-0.05, 0) is 79.7 Å². The summed E-state index contributed by atoms with van der Waals surface area (Å²) in [5.74, 6) is 0. The summed E-state index contributed by atoms with van der Waals surface area (Å²) in [6, 6.07) is 82.1. The molecular weight excluding hydrogens is 719 g/mol. The summed E-state index contributed by atoms with van der Waals surface area (Å²) in [4.78, 5) is 2.51. The molecule has 58 heavy (non-hydrogen) atoms. The van der Waals surface area contributed by atoms with E-state index in [9.17, 15) is 0 Å². The summed E-state index contributed by atoms with van der Waals surface area (Å²) in [6.45, 7) is 0. The number of rotatable bonds is 7. The molecule has 1 nitrogen and oxygen atoms in total. The minimum Gasteiger partial charge on any atom is -0.309 e. The lowest BCUT2D eigenvalue weighted by atomic mass is 9.87. The zero-order valence-electron chi connectivity index (χ0n) is 31.7. The Balaban J connectivity index is 1.24. The van der Waals surface area contributed by atoms with E-state index < -0.39 is 0 Å². The van der Waals surface area contributed by atoms with Crippen LogP contribution < -0.4 is 4.90 Å². The second-order valence-corrected chi connectivity index (χ2v) is 15.9. The van der Waals surface area contributed by atoms with Crippen LogP contribution in [0, 0.1) is 0 Å². The Morgan fingerprint density at radius 2 is 0.862 bits per heavy atom. The fourth-order valence-corrected chi connectivity index (χ4v) is 10.1. The fraction of sp³-hybridized carbons (Fsp3) is 0. The number of nitrogens with zero attached hydrogens (tertiary/aromatic N) is 1. The maximum atomic E-state index is 2.51. The molecule has 2 heteroatoms. The van der Waals surface area contributed by atoms with Crippen LogP contribution in [-0.4, -0.2) is 0 Å². The van der Waals surface area contributed by atoms with E-state index in [1.54, 1.807) is 0 Å². The second kappa shape index (κ2) is 14.4. The maximum absolute atomic E-state index is 2.51. The Kier molecular flexibility index (Phi) is 8.42. The third-order valence-electron chi connectivity index (χ3n) is 11.5. The lowest BCUT2D eigenvalue weighted by molar-refractivity contribution is 1.29. The van der Waals surface area contributed by atoms with Crippen LogP contribution in [0.5, 0.6) is 0 Å². The molecule has 0 saturated heterocycles. The average Bonchev–Trinajstić information content (AvgIpc) is 3.69. The predicted octanol–water partition coefficient (Wildman–Crippen LogP) is 16.5. The van der Waals surface area contributed by atoms with E-state index in [2.05, 4.69) is 229 Å². The van der Waals surface area contributed by atoms with E-state index in [-0.39, 0.29) is 0 Å². The highest BCUT2D eigenvalue weighted by atomic mass is 32.1. The molecule has 0 unspecified atom stereocenters. The standard InChI is InChI=1S/C56H37NS/c1-3-17-38(18-4-1)44-23-9-10-26-49(44)55-46(39-19-5-2-6-20-39)27-16-31-53(55)57(42-35-36-45-41(37-42)34-33-40-21-7-8-22-43(40)45)52-30-13-11-24-47(52)50-28-15-29-51-48-25-12-14-32-54(48)58-56(50)51/h1-37H. The number of para-hydroxylation sites is 1. The summed E-state index contributed by atoms with van der Waals surface area (Å²) in [7, 11) is 0. The molecule has 0 aliphatic rings. The van der Waals surface area contributed by atoms with Crippen LogP contribution in [0.3, 0.4) is 0 Å². The van der Waals surface area contributed by atoms with Gasteiger partial charge in [-0.1, -0.05) is 194 Å². The van der Waals surface area contributed by atoms with Crippen LogP contribution in [0.25, 0.3) is 86.2 Å². The van der Waals surface area contributed by atoms with Crippen molar-refractivity contribution in [3.05, 3.63) is 224 Å². The van der Waals surface area contributed by atoms with E-state index in [1.807, 2.05) is 11.3 Å². The van der Waals surface area contributed by atoms with E-state index >= 15 is 0 Å². The molecule has 0 radical (unpaired) electrons. The molecular formula is C56H37NS. The van der Waals surface area contributed by atoms with Gasteiger partial charge in [0.15, 0.2) is 0 Å². The first-order chi connectivity index (χ1) is 28.8. The summed E-state index contributed by atoms with van der Waals surface area (Å²) < 4.78 is 2.60. The lowest BCUT2D eigenvalue weighted by Crippen LogP contribution is -2.13. The SMILES string of the molecule is c1ccc(-c2ccccc2-c2c(-c3ccccc3)cccc2N(c2ccc3c(ccc4ccccc43)c2)c2ccccc2-c2cccc3c2sc2ccccc23)cc1. The topological polar surface area (TPSA) is 3.24 Å². The molecule has 1 aromatic heterocycles. The predicted molar refractivity (Wildman–Crippen MR) is 251 cm³/mol. The van der Waals surface area contributed by atoms with Gasteiger partial charge >= 0.3 is 0 Å². The molecule has 0 atom stereocenters. The minimum absolute atomic E-state index is 1.10. The van der Waals surface area contributed by atoms with Gasteiger partial charge in [0.2, 0.25) is 0 Å². The van der Waals surface area contributed by atoms with E-state index in [4.69, 9.17) is 0 Å². The van der Waals surface area contributed by atoms with E-state index in [1.165, 1.54) is 86.2 Å². The van der Waals surface area contributed by atoms with Crippen molar-refractivity contribution < 1.29 is 0 Å². The Morgan fingerprint density at radius 3 is 1.69 bits per heavy atom. The van der Waals surface area contributed by atoms with Crippen LogP contribution in [0.4, 0.5) is 17.1 Å². The highest BCUT2D eigenvalue weighted by Gasteiger charge is 2.25. The molecule has 0 amide bonds. The molecule has 11 rings (SSSR count). The number of benzene rings is 10. The average molecular weight is 756 g/mol. The van der Waals surface area contributed by atoms with Gasteiger partial charge < -0.3 is 4.90 Å². The number of anilines is 3. The third kappa shape index (κ3) is 5.77. The van der Waals surface area contributed by atoms with Crippen molar-refractivity contribution >= 4 is 70.1 Å². The van der Waals surface area contributed by atoms with Crippen LogP contribution in [0.15, 0.2) is 224 Å². The zero-order chi connectivity index (χ0) is 38.4. The monoisotopic (exact) mass is 755 g/mol. The number of fused-ring (bicyclic) bond motifs is 6. The molecule has 0 fully saturated rings. The summed E-state index contributed by atoms with van der Waals surface area (Å²) >= 11 is 1.88. The van der Waals surface area contributed by atoms with Gasteiger partial charge in [0, 0.05) is 42.6 Å². The molecule has 272 valence electrons. The molecule has 0 N–H and O–H groups in total. The summed E-state index contributed by atoms with van der Waals surface area (Å²) in [6.07, 6.45) is 0. The minimum atomic E-state index is 1.10. The highest BCUT2D eigenvalue weighted by molar-refractivity contribution is 7.26. The Hall–Kier alpha value is -7.26. The Labute approximate surface area is 342 Å². The largest absolute Gasteiger partial charge is 0.309 e. The summed E-state index contributed by atoms with van der Waals surface area (Å²) in [5.41, 5.74) is 12.9. The van der Waals surface area contributed by atoms with E-state index in [0.29, 0.717) is 0 Å². The number of hydrogen-bond acceptors (Lipinski definition) is 2. The smallest absolute Gasteiger partial charge is 0.0546 e. The Bertz CT molecular complexity index is 3290. The first-order valence-electron chi connectivity index (χ1n) is 19.8. The van der Waals surface area contributed by atoms with Crippen LogP contribution in [0.2, 0.25) is 0 Å². The van der Waals surface area contributed by atoms with Crippen LogP contribution in [-0.2, 0) is 0 Å². The van der Waals surface area contributed by atoms with Crippen molar-refractivity contribution in [3.63, 3.8) is 0 Å². The molecule has 1 heterocycles. The summed E-state index contributed by atoms with van der Waals surface area (Å²) in [5, 5.41) is 7.56. The van der Waals surface area contributed by atoms with Crippen molar-refractivity contribution in [1.29, 1.82) is 0 Å². The molecule has 0 saturated carbocycles. The molecule has 0 spiro atoms. The zero-order valence-corrected chi connectivity index (χ0v) is 32.5. The fourth-order valence-electron chi connectivity index (χ4n) is 8.84. The maximum Gasteiger partial charge on any atom is 0.0546 e. The normalized spacial score (nSPS) is 11.4. The molecule has 10 aromatic carbocycles. The molecule has 0 bridgehead atoms. The van der Waals surface area contributed by atoms with Gasteiger partial charge in [0.25, 0.3) is 0 Å². The third-order valence-corrected chi connectivity index (χ3v) is 12.7. The van der Waals surface area contributed by atoms with Gasteiger partial charge in [-0.3, -0.25) is 0 Å². The molecule has 0 aliphatic carbocycles. The number of thiophene rings is 1. The molecule has 11 aromatic rings. The van der Waals surface area contributed by atoms with E-state index in [0.717, 1.165) is 17.1 Å². The second-order valence-electron chi connectivity index (χ2n) is 14.8. The highest BCUT2D eigenvalue weighted by Crippen LogP contribution is 2.51. The van der Waals surface area contributed by atoms with Crippen molar-refractivity contribution in [1.82, 2.24) is 0 Å². The van der Waals surface area contributed by atoms with Crippen LogP contribution >= 0.6 is 11.3 Å². The number of hydrogen-bond donors (Lipinski definition) is 0. The van der Waals surface area contributed by atoms with Gasteiger partial charge in [-0.25, -0.2) is 0 Å². The van der Waals surface area contributed by atoms with Crippen LogP contribution in [0.1, 0.15) is 0 Å². The van der Waals surface area contributed by atoms with Gasteiger partial charge in [-0.15, -0.1) is 11.3 Å². The van der Waals surface area contributed by atoms with Crippen molar-refractivity contribution in [2.24, 2.45) is 0 Å². The van der Waals surface area contributed by atoms with Crippen molar-refractivity contribution in [3.8, 4) is 44.5 Å². The quantitative estimate of drug-likeness (QED) is 0.146. The lowest BCUT2D eigenvalue weighted by Gasteiger charge is -2.32. The Morgan fingerprint density at radius 1 is 0.310 bits per heavy atom. The van der Waals surface area contributed by atoms with Gasteiger partial charge in [0.05, 0.1) is 11.4 Å². The van der Waals surface area contributed by atoms with Crippen molar-refractivity contribution in [2.45, 2.75) is 0 Å². The first kappa shape index (κ1) is 34.0.